The zero-order valence-corrected chi connectivity index (χ0v) is 10.8. The lowest BCUT2D eigenvalue weighted by Crippen LogP contribution is -2.43. The van der Waals surface area contributed by atoms with Gasteiger partial charge in [0.05, 0.1) is 5.69 Å². The standard InChI is InChI=1S/C11H12INO2/c1-7(2)13-9-4-3-8(12)5-10(9)15-6-11(13)14/h3-5,7H,6H2,1-2H3. The minimum absolute atomic E-state index is 0.0266. The van der Waals surface area contributed by atoms with Crippen LogP contribution in [0.25, 0.3) is 0 Å². The number of halogens is 1. The van der Waals surface area contributed by atoms with E-state index in [1.165, 1.54) is 0 Å². The van der Waals surface area contributed by atoms with Crippen LogP contribution in [0.4, 0.5) is 5.69 Å². The van der Waals surface area contributed by atoms with E-state index in [-0.39, 0.29) is 18.6 Å². The fourth-order valence-electron chi connectivity index (χ4n) is 1.71. The molecule has 0 aromatic heterocycles. The first-order chi connectivity index (χ1) is 7.09. The Morgan fingerprint density at radius 3 is 2.87 bits per heavy atom. The average Bonchev–Trinajstić information content (AvgIpc) is 2.17. The number of anilines is 1. The molecule has 0 atom stereocenters. The minimum atomic E-state index is 0.0266. The van der Waals surface area contributed by atoms with E-state index in [0.29, 0.717) is 0 Å². The quantitative estimate of drug-likeness (QED) is 0.745. The molecule has 0 bridgehead atoms. The number of nitrogens with zero attached hydrogens (tertiary/aromatic N) is 1. The van der Waals surface area contributed by atoms with Gasteiger partial charge in [-0.05, 0) is 54.6 Å². The van der Waals surface area contributed by atoms with Gasteiger partial charge in [-0.2, -0.15) is 0 Å². The maximum atomic E-state index is 11.7. The van der Waals surface area contributed by atoms with Crippen LogP contribution in [0.2, 0.25) is 0 Å². The zero-order valence-electron chi connectivity index (χ0n) is 8.66. The molecule has 1 heterocycles. The van der Waals surface area contributed by atoms with Gasteiger partial charge in [0.2, 0.25) is 0 Å². The summed E-state index contributed by atoms with van der Waals surface area (Å²) in [5.41, 5.74) is 0.877. The van der Waals surface area contributed by atoms with Gasteiger partial charge in [0.1, 0.15) is 5.75 Å². The molecule has 0 saturated carbocycles. The monoisotopic (exact) mass is 317 g/mol. The highest BCUT2D eigenvalue weighted by atomic mass is 127. The molecule has 0 fully saturated rings. The van der Waals surface area contributed by atoms with Crippen molar-refractivity contribution in [2.75, 3.05) is 11.5 Å². The van der Waals surface area contributed by atoms with Crippen LogP contribution in [0.3, 0.4) is 0 Å². The van der Waals surface area contributed by atoms with Crippen LogP contribution in [-0.4, -0.2) is 18.6 Å². The Bertz CT molecular complexity index is 404. The van der Waals surface area contributed by atoms with Crippen LogP contribution in [0, 0.1) is 3.57 Å². The summed E-state index contributed by atoms with van der Waals surface area (Å²) in [4.78, 5) is 13.5. The predicted molar refractivity (Wildman–Crippen MR) is 67.3 cm³/mol. The van der Waals surface area contributed by atoms with E-state index in [1.54, 1.807) is 4.90 Å². The summed E-state index contributed by atoms with van der Waals surface area (Å²) in [5.74, 6) is 0.828. The van der Waals surface area contributed by atoms with Gasteiger partial charge in [0.15, 0.2) is 6.61 Å². The highest BCUT2D eigenvalue weighted by Crippen LogP contribution is 2.34. The summed E-state index contributed by atoms with van der Waals surface area (Å²) in [5, 5.41) is 0. The molecule has 0 saturated heterocycles. The summed E-state index contributed by atoms with van der Waals surface area (Å²) in [7, 11) is 0. The van der Waals surface area contributed by atoms with Gasteiger partial charge in [-0.3, -0.25) is 4.79 Å². The van der Waals surface area contributed by atoms with E-state index in [1.807, 2.05) is 32.0 Å². The first-order valence-corrected chi connectivity index (χ1v) is 5.92. The molecule has 0 unspecified atom stereocenters. The van der Waals surface area contributed by atoms with Crippen LogP contribution in [0.1, 0.15) is 13.8 Å². The number of carbonyl (C=O) groups excluding carboxylic acids is 1. The van der Waals surface area contributed by atoms with E-state index in [2.05, 4.69) is 22.6 Å². The minimum Gasteiger partial charge on any atom is -0.482 e. The molecule has 1 amide bonds. The van der Waals surface area contributed by atoms with Crippen molar-refractivity contribution >= 4 is 34.2 Å². The van der Waals surface area contributed by atoms with Gasteiger partial charge >= 0.3 is 0 Å². The number of benzene rings is 1. The van der Waals surface area contributed by atoms with Crippen LogP contribution < -0.4 is 9.64 Å². The molecule has 1 aromatic carbocycles. The van der Waals surface area contributed by atoms with E-state index in [4.69, 9.17) is 4.74 Å². The van der Waals surface area contributed by atoms with Gasteiger partial charge in [0.25, 0.3) is 5.91 Å². The van der Waals surface area contributed by atoms with Gasteiger partial charge < -0.3 is 9.64 Å². The van der Waals surface area contributed by atoms with Crippen LogP contribution in [-0.2, 0) is 4.79 Å². The van der Waals surface area contributed by atoms with E-state index in [0.717, 1.165) is 15.0 Å². The summed E-state index contributed by atoms with van der Waals surface area (Å²) < 4.78 is 6.52. The highest BCUT2D eigenvalue weighted by molar-refractivity contribution is 14.1. The topological polar surface area (TPSA) is 29.5 Å². The molecule has 1 aromatic rings. The Labute approximate surface area is 103 Å². The fraction of sp³-hybridized carbons (Fsp3) is 0.364. The van der Waals surface area contributed by atoms with Crippen LogP contribution >= 0.6 is 22.6 Å². The van der Waals surface area contributed by atoms with Gasteiger partial charge in [-0.25, -0.2) is 0 Å². The lowest BCUT2D eigenvalue weighted by atomic mass is 10.2. The molecule has 0 N–H and O–H groups in total. The van der Waals surface area contributed by atoms with Crippen molar-refractivity contribution in [1.82, 2.24) is 0 Å². The molecule has 0 aliphatic carbocycles. The Kier molecular flexibility index (Phi) is 2.86. The second kappa shape index (κ2) is 4.00. The number of hydrogen-bond donors (Lipinski definition) is 0. The normalized spacial score (nSPS) is 15.2. The number of carbonyl (C=O) groups is 1. The zero-order chi connectivity index (χ0) is 11.0. The lowest BCUT2D eigenvalue weighted by molar-refractivity contribution is -0.121. The number of hydrogen-bond acceptors (Lipinski definition) is 2. The van der Waals surface area contributed by atoms with E-state index < -0.39 is 0 Å². The van der Waals surface area contributed by atoms with E-state index >= 15 is 0 Å². The third-order valence-electron chi connectivity index (χ3n) is 2.32. The lowest BCUT2D eigenvalue weighted by Gasteiger charge is -2.32. The van der Waals surface area contributed by atoms with Crippen molar-refractivity contribution in [2.24, 2.45) is 0 Å². The maximum absolute atomic E-state index is 11.7. The third-order valence-corrected chi connectivity index (χ3v) is 2.99. The first kappa shape index (κ1) is 10.7. The molecule has 3 nitrogen and oxygen atoms in total. The molecular formula is C11H12INO2. The Hall–Kier alpha value is -0.780. The van der Waals surface area contributed by atoms with E-state index in [9.17, 15) is 4.79 Å². The second-order valence-electron chi connectivity index (χ2n) is 3.76. The first-order valence-electron chi connectivity index (χ1n) is 4.84. The summed E-state index contributed by atoms with van der Waals surface area (Å²) in [6, 6.07) is 6.04. The average molecular weight is 317 g/mol. The molecule has 1 aliphatic rings. The Morgan fingerprint density at radius 2 is 2.20 bits per heavy atom. The maximum Gasteiger partial charge on any atom is 0.265 e. The van der Waals surface area contributed by atoms with Crippen molar-refractivity contribution in [1.29, 1.82) is 0 Å². The van der Waals surface area contributed by atoms with Gasteiger partial charge in [-0.1, -0.05) is 0 Å². The molecule has 1 aliphatic heterocycles. The summed E-state index contributed by atoms with van der Waals surface area (Å²) in [6.07, 6.45) is 0. The smallest absolute Gasteiger partial charge is 0.265 e. The molecule has 4 heteroatoms. The molecule has 15 heavy (non-hydrogen) atoms. The van der Waals surface area contributed by atoms with Crippen LogP contribution in [0.5, 0.6) is 5.75 Å². The predicted octanol–water partition coefficient (Wildman–Crippen LogP) is 2.43. The third kappa shape index (κ3) is 1.95. The van der Waals surface area contributed by atoms with Gasteiger partial charge in [-0.15, -0.1) is 0 Å². The number of rotatable bonds is 1. The second-order valence-corrected chi connectivity index (χ2v) is 5.00. The SMILES string of the molecule is CC(C)N1C(=O)COc2cc(I)ccc21. The molecule has 0 spiro atoms. The number of fused-ring (bicyclic) bond motifs is 1. The molecular weight excluding hydrogens is 305 g/mol. The number of amides is 1. The Morgan fingerprint density at radius 1 is 1.47 bits per heavy atom. The molecule has 80 valence electrons. The van der Waals surface area contributed by atoms with Crippen molar-refractivity contribution < 1.29 is 9.53 Å². The van der Waals surface area contributed by atoms with Crippen molar-refractivity contribution in [3.8, 4) is 5.75 Å². The highest BCUT2D eigenvalue weighted by Gasteiger charge is 2.27. The fourth-order valence-corrected chi connectivity index (χ4v) is 2.17. The summed E-state index contributed by atoms with van der Waals surface area (Å²) in [6.45, 7) is 4.15. The molecule has 2 rings (SSSR count). The molecule has 0 radical (unpaired) electrons. The summed E-state index contributed by atoms with van der Waals surface area (Å²) >= 11 is 2.23. The van der Waals surface area contributed by atoms with Crippen molar-refractivity contribution in [3.05, 3.63) is 21.8 Å². The number of ether oxygens (including phenoxy) is 1. The van der Waals surface area contributed by atoms with Crippen LogP contribution in [0.15, 0.2) is 18.2 Å². The largest absolute Gasteiger partial charge is 0.482 e. The van der Waals surface area contributed by atoms with Gasteiger partial charge in [0, 0.05) is 9.61 Å². The Balaban J connectivity index is 2.48. The van der Waals surface area contributed by atoms with Crippen molar-refractivity contribution in [3.63, 3.8) is 0 Å². The van der Waals surface area contributed by atoms with Crippen molar-refractivity contribution in [2.45, 2.75) is 19.9 Å².